The first kappa shape index (κ1) is 9.44. The first-order valence-electron chi connectivity index (χ1n) is 5.49. The second-order valence-corrected chi connectivity index (χ2v) is 3.98. The zero-order valence-corrected chi connectivity index (χ0v) is 8.30. The maximum Gasteiger partial charge on any atom is 0.0594 e. The summed E-state index contributed by atoms with van der Waals surface area (Å²) in [5.74, 6) is 0. The third-order valence-corrected chi connectivity index (χ3v) is 3.11. The van der Waals surface area contributed by atoms with E-state index in [0.717, 1.165) is 32.3 Å². The van der Waals surface area contributed by atoms with Crippen LogP contribution in [0.3, 0.4) is 0 Å². The van der Waals surface area contributed by atoms with Gasteiger partial charge in [0.1, 0.15) is 0 Å². The van der Waals surface area contributed by atoms with Crippen molar-refractivity contribution < 1.29 is 4.74 Å². The first-order chi connectivity index (χ1) is 6.47. The van der Waals surface area contributed by atoms with Crippen molar-refractivity contribution in [1.29, 1.82) is 0 Å². The molecule has 2 fully saturated rings. The van der Waals surface area contributed by atoms with Crippen LogP contribution in [-0.2, 0) is 4.74 Å². The van der Waals surface area contributed by atoms with Crippen LogP contribution in [0.15, 0.2) is 0 Å². The molecule has 1 N–H and O–H groups in total. The fourth-order valence-corrected chi connectivity index (χ4v) is 2.31. The fourth-order valence-electron chi connectivity index (χ4n) is 2.31. The van der Waals surface area contributed by atoms with Gasteiger partial charge < -0.3 is 10.1 Å². The molecular weight excluding hydrogens is 164 g/mol. The van der Waals surface area contributed by atoms with Crippen molar-refractivity contribution >= 4 is 0 Å². The third kappa shape index (κ3) is 2.66. The van der Waals surface area contributed by atoms with Crippen LogP contribution in [0.4, 0.5) is 0 Å². The molecule has 0 radical (unpaired) electrons. The second-order valence-electron chi connectivity index (χ2n) is 3.98. The summed E-state index contributed by atoms with van der Waals surface area (Å²) >= 11 is 0. The van der Waals surface area contributed by atoms with Crippen molar-refractivity contribution in [3.63, 3.8) is 0 Å². The minimum Gasteiger partial charge on any atom is -0.379 e. The molecule has 0 aliphatic carbocycles. The molecule has 0 spiro atoms. The molecular formula is C10H20N2O. The van der Waals surface area contributed by atoms with Crippen LogP contribution in [0.5, 0.6) is 0 Å². The molecule has 2 aliphatic rings. The van der Waals surface area contributed by atoms with Gasteiger partial charge in [-0.3, -0.25) is 4.90 Å². The number of nitrogens with zero attached hydrogens (tertiary/aromatic N) is 1. The molecule has 1 atom stereocenters. The molecule has 0 aromatic carbocycles. The van der Waals surface area contributed by atoms with Gasteiger partial charge >= 0.3 is 0 Å². The Bertz CT molecular complexity index is 138. The number of ether oxygens (including phenoxy) is 1. The summed E-state index contributed by atoms with van der Waals surface area (Å²) in [5.41, 5.74) is 0. The molecule has 2 saturated heterocycles. The van der Waals surface area contributed by atoms with Crippen molar-refractivity contribution in [1.82, 2.24) is 10.2 Å². The van der Waals surface area contributed by atoms with Crippen LogP contribution in [0.2, 0.25) is 0 Å². The van der Waals surface area contributed by atoms with Gasteiger partial charge in [-0.05, 0) is 32.4 Å². The van der Waals surface area contributed by atoms with Crippen LogP contribution in [0, 0.1) is 0 Å². The normalized spacial score (nSPS) is 32.8. The Labute approximate surface area is 80.4 Å². The van der Waals surface area contributed by atoms with Crippen molar-refractivity contribution in [2.75, 3.05) is 39.4 Å². The van der Waals surface area contributed by atoms with E-state index in [1.165, 1.54) is 32.4 Å². The first-order valence-corrected chi connectivity index (χ1v) is 5.49. The molecule has 3 heteroatoms. The minimum atomic E-state index is 0.818. The van der Waals surface area contributed by atoms with Crippen LogP contribution in [-0.4, -0.2) is 50.3 Å². The molecule has 0 unspecified atom stereocenters. The predicted molar refractivity (Wildman–Crippen MR) is 52.9 cm³/mol. The van der Waals surface area contributed by atoms with Gasteiger partial charge in [-0.2, -0.15) is 0 Å². The van der Waals surface area contributed by atoms with E-state index in [1.807, 2.05) is 0 Å². The van der Waals surface area contributed by atoms with Gasteiger partial charge in [-0.1, -0.05) is 0 Å². The Morgan fingerprint density at radius 3 is 2.77 bits per heavy atom. The van der Waals surface area contributed by atoms with Crippen molar-refractivity contribution in [3.8, 4) is 0 Å². The lowest BCUT2D eigenvalue weighted by molar-refractivity contribution is 0.0141. The van der Waals surface area contributed by atoms with E-state index < -0.39 is 0 Å². The van der Waals surface area contributed by atoms with Gasteiger partial charge in [0.15, 0.2) is 0 Å². The van der Waals surface area contributed by atoms with Gasteiger partial charge in [0.05, 0.1) is 13.2 Å². The summed E-state index contributed by atoms with van der Waals surface area (Å²) in [6.45, 7) is 6.56. The highest BCUT2D eigenvalue weighted by Crippen LogP contribution is 2.14. The van der Waals surface area contributed by atoms with Gasteiger partial charge in [-0.25, -0.2) is 0 Å². The summed E-state index contributed by atoms with van der Waals surface area (Å²) in [5, 5.41) is 3.46. The highest BCUT2D eigenvalue weighted by Gasteiger charge is 2.21. The van der Waals surface area contributed by atoms with Gasteiger partial charge in [0, 0.05) is 19.1 Å². The van der Waals surface area contributed by atoms with Crippen molar-refractivity contribution in [3.05, 3.63) is 0 Å². The maximum absolute atomic E-state index is 5.36. The zero-order chi connectivity index (χ0) is 8.93. The second kappa shape index (κ2) is 4.94. The Morgan fingerprint density at radius 1 is 1.08 bits per heavy atom. The summed E-state index contributed by atoms with van der Waals surface area (Å²) < 4.78 is 5.36. The van der Waals surface area contributed by atoms with E-state index in [4.69, 9.17) is 4.74 Å². The Kier molecular flexibility index (Phi) is 3.58. The van der Waals surface area contributed by atoms with E-state index in [1.54, 1.807) is 0 Å². The molecule has 0 aromatic rings. The third-order valence-electron chi connectivity index (χ3n) is 3.11. The molecule has 3 nitrogen and oxygen atoms in total. The fraction of sp³-hybridized carbons (Fsp3) is 1.00. The Morgan fingerprint density at radius 2 is 1.92 bits per heavy atom. The predicted octanol–water partition coefficient (Wildman–Crippen LogP) is 0.461. The van der Waals surface area contributed by atoms with Crippen LogP contribution in [0.1, 0.15) is 19.3 Å². The van der Waals surface area contributed by atoms with E-state index in [2.05, 4.69) is 10.2 Å². The van der Waals surface area contributed by atoms with E-state index >= 15 is 0 Å². The smallest absolute Gasteiger partial charge is 0.0594 e. The highest BCUT2D eigenvalue weighted by atomic mass is 16.5. The number of rotatable bonds is 1. The molecule has 0 bridgehead atoms. The van der Waals surface area contributed by atoms with Crippen molar-refractivity contribution in [2.45, 2.75) is 25.3 Å². The summed E-state index contributed by atoms with van der Waals surface area (Å²) in [7, 11) is 0. The van der Waals surface area contributed by atoms with E-state index in [-0.39, 0.29) is 0 Å². The zero-order valence-electron chi connectivity index (χ0n) is 8.30. The lowest BCUT2D eigenvalue weighted by atomic mass is 10.1. The van der Waals surface area contributed by atoms with Gasteiger partial charge in [0.25, 0.3) is 0 Å². The topological polar surface area (TPSA) is 24.5 Å². The maximum atomic E-state index is 5.36. The minimum absolute atomic E-state index is 0.818. The van der Waals surface area contributed by atoms with E-state index in [0.29, 0.717) is 0 Å². The molecule has 76 valence electrons. The number of nitrogens with one attached hydrogen (secondary N) is 1. The Hall–Kier alpha value is -0.120. The number of hydrogen-bond acceptors (Lipinski definition) is 3. The largest absolute Gasteiger partial charge is 0.379 e. The molecule has 2 rings (SSSR count). The van der Waals surface area contributed by atoms with Crippen molar-refractivity contribution in [2.24, 2.45) is 0 Å². The SMILES string of the molecule is C1CNCC[C@@H](N2CCOCC2)C1. The molecule has 0 aromatic heterocycles. The average molecular weight is 184 g/mol. The standard InChI is InChI=1S/C10H20N2O/c1-2-10(3-5-11-4-1)12-6-8-13-9-7-12/h10-11H,1-9H2/t10-/m0/s1. The summed E-state index contributed by atoms with van der Waals surface area (Å²) in [6, 6.07) is 0.818. The average Bonchev–Trinajstić information content (AvgIpc) is 2.47. The van der Waals surface area contributed by atoms with E-state index in [9.17, 15) is 0 Å². The Balaban J connectivity index is 1.82. The lowest BCUT2D eigenvalue weighted by Gasteiger charge is -2.33. The van der Waals surface area contributed by atoms with Crippen LogP contribution >= 0.6 is 0 Å². The molecule has 13 heavy (non-hydrogen) atoms. The number of hydrogen-bond donors (Lipinski definition) is 1. The van der Waals surface area contributed by atoms with Crippen LogP contribution in [0.25, 0.3) is 0 Å². The summed E-state index contributed by atoms with van der Waals surface area (Å²) in [6.07, 6.45) is 4.02. The van der Waals surface area contributed by atoms with Gasteiger partial charge in [-0.15, -0.1) is 0 Å². The highest BCUT2D eigenvalue weighted by molar-refractivity contribution is 4.77. The molecule has 2 heterocycles. The molecule has 0 amide bonds. The molecule has 0 saturated carbocycles. The summed E-state index contributed by atoms with van der Waals surface area (Å²) in [4.78, 5) is 2.61. The monoisotopic (exact) mass is 184 g/mol. The molecule has 2 aliphatic heterocycles. The van der Waals surface area contributed by atoms with Crippen LogP contribution < -0.4 is 5.32 Å². The number of morpholine rings is 1. The van der Waals surface area contributed by atoms with Gasteiger partial charge in [0.2, 0.25) is 0 Å². The lowest BCUT2D eigenvalue weighted by Crippen LogP contribution is -2.43. The quantitative estimate of drug-likeness (QED) is 0.641.